The minimum absolute atomic E-state index is 0.0327. The molecule has 25 heavy (non-hydrogen) atoms. The third kappa shape index (κ3) is 3.55. The maximum absolute atomic E-state index is 13.0. The van der Waals surface area contributed by atoms with E-state index in [4.69, 9.17) is 4.74 Å². The molecule has 134 valence electrons. The standard InChI is InChI=1S/C19H24N2O3S/c22-18(20-8-10-24-11-9-20)15-5-3-7-21(13-15)19(23)17-12-14-4-1-2-6-16(14)25-17/h1-2,4,6,15,17H,3,5,7-13H2. The summed E-state index contributed by atoms with van der Waals surface area (Å²) in [7, 11) is 0. The number of carbonyl (C=O) groups is 2. The van der Waals surface area contributed by atoms with Crippen LogP contribution in [0.1, 0.15) is 18.4 Å². The number of rotatable bonds is 2. The van der Waals surface area contributed by atoms with Gasteiger partial charge < -0.3 is 14.5 Å². The number of fused-ring (bicyclic) bond motifs is 1. The number of hydrogen-bond acceptors (Lipinski definition) is 4. The van der Waals surface area contributed by atoms with Crippen LogP contribution in [0.5, 0.6) is 0 Å². The molecule has 2 amide bonds. The lowest BCUT2D eigenvalue weighted by Crippen LogP contribution is -2.50. The van der Waals surface area contributed by atoms with Crippen LogP contribution >= 0.6 is 11.8 Å². The minimum Gasteiger partial charge on any atom is -0.378 e. The fourth-order valence-corrected chi connectivity index (χ4v) is 5.22. The van der Waals surface area contributed by atoms with Gasteiger partial charge in [-0.15, -0.1) is 11.8 Å². The highest BCUT2D eigenvalue weighted by molar-refractivity contribution is 8.01. The highest BCUT2D eigenvalue weighted by Gasteiger charge is 2.36. The molecule has 3 heterocycles. The summed E-state index contributed by atoms with van der Waals surface area (Å²) in [4.78, 5) is 30.8. The monoisotopic (exact) mass is 360 g/mol. The average Bonchev–Trinajstić information content (AvgIpc) is 3.12. The van der Waals surface area contributed by atoms with Gasteiger partial charge in [-0.05, 0) is 30.9 Å². The largest absolute Gasteiger partial charge is 0.378 e. The molecule has 0 N–H and O–H groups in total. The Morgan fingerprint density at radius 2 is 1.84 bits per heavy atom. The Labute approximate surface area is 152 Å². The van der Waals surface area contributed by atoms with E-state index in [1.165, 1.54) is 10.5 Å². The van der Waals surface area contributed by atoms with Gasteiger partial charge in [-0.2, -0.15) is 0 Å². The Morgan fingerprint density at radius 3 is 2.64 bits per heavy atom. The van der Waals surface area contributed by atoms with Crippen molar-refractivity contribution < 1.29 is 14.3 Å². The molecule has 1 aromatic carbocycles. The van der Waals surface area contributed by atoms with Crippen molar-refractivity contribution in [1.82, 2.24) is 9.80 Å². The highest BCUT2D eigenvalue weighted by atomic mass is 32.2. The van der Waals surface area contributed by atoms with Crippen LogP contribution in [0.15, 0.2) is 29.2 Å². The number of carbonyl (C=O) groups excluding carboxylic acids is 2. The number of hydrogen-bond donors (Lipinski definition) is 0. The predicted octanol–water partition coefficient (Wildman–Crippen LogP) is 1.80. The van der Waals surface area contributed by atoms with E-state index in [0.29, 0.717) is 32.8 Å². The molecule has 2 atom stereocenters. The van der Waals surface area contributed by atoms with E-state index in [2.05, 4.69) is 12.1 Å². The van der Waals surface area contributed by atoms with Crippen molar-refractivity contribution in [2.24, 2.45) is 5.92 Å². The Kier molecular flexibility index (Phi) is 4.99. The first-order valence-corrected chi connectivity index (χ1v) is 10.0. The molecule has 2 saturated heterocycles. The Morgan fingerprint density at radius 1 is 1.04 bits per heavy atom. The van der Waals surface area contributed by atoms with Gasteiger partial charge in [-0.3, -0.25) is 9.59 Å². The molecule has 1 aromatic rings. The second-order valence-electron chi connectivity index (χ2n) is 6.98. The van der Waals surface area contributed by atoms with Gasteiger partial charge in [0.05, 0.1) is 24.4 Å². The van der Waals surface area contributed by atoms with Gasteiger partial charge in [0.1, 0.15) is 0 Å². The van der Waals surface area contributed by atoms with Gasteiger partial charge in [-0.1, -0.05) is 18.2 Å². The summed E-state index contributed by atoms with van der Waals surface area (Å²) >= 11 is 1.67. The van der Waals surface area contributed by atoms with E-state index < -0.39 is 0 Å². The molecular formula is C19H24N2O3S. The fraction of sp³-hybridized carbons (Fsp3) is 0.579. The predicted molar refractivity (Wildman–Crippen MR) is 96.5 cm³/mol. The Bertz CT molecular complexity index is 635. The molecule has 0 saturated carbocycles. The molecule has 3 aliphatic rings. The van der Waals surface area contributed by atoms with Crippen LogP contribution in [0.2, 0.25) is 0 Å². The first kappa shape index (κ1) is 16.9. The summed E-state index contributed by atoms with van der Waals surface area (Å²) in [6, 6.07) is 8.26. The number of amides is 2. The number of piperidine rings is 1. The summed E-state index contributed by atoms with van der Waals surface area (Å²) < 4.78 is 5.33. The molecule has 2 unspecified atom stereocenters. The van der Waals surface area contributed by atoms with Crippen LogP contribution in [0.3, 0.4) is 0 Å². The molecule has 0 radical (unpaired) electrons. The summed E-state index contributed by atoms with van der Waals surface area (Å²) in [5, 5.41) is -0.0327. The molecule has 0 aliphatic carbocycles. The molecule has 5 nitrogen and oxygen atoms in total. The van der Waals surface area contributed by atoms with Gasteiger partial charge in [0.15, 0.2) is 0 Å². The lowest BCUT2D eigenvalue weighted by molar-refractivity contribution is -0.143. The molecule has 2 fully saturated rings. The van der Waals surface area contributed by atoms with Crippen molar-refractivity contribution in [1.29, 1.82) is 0 Å². The lowest BCUT2D eigenvalue weighted by atomic mass is 9.95. The summed E-state index contributed by atoms with van der Waals surface area (Å²) in [5.41, 5.74) is 1.27. The normalized spacial score (nSPS) is 26.4. The van der Waals surface area contributed by atoms with Gasteiger partial charge in [0, 0.05) is 31.1 Å². The van der Waals surface area contributed by atoms with Crippen molar-refractivity contribution in [2.45, 2.75) is 29.4 Å². The quantitative estimate of drug-likeness (QED) is 0.807. The molecule has 4 rings (SSSR count). The summed E-state index contributed by atoms with van der Waals surface area (Å²) in [5.74, 6) is 0.341. The third-order valence-electron chi connectivity index (χ3n) is 5.33. The maximum Gasteiger partial charge on any atom is 0.236 e. The number of nitrogens with zero attached hydrogens (tertiary/aromatic N) is 2. The van der Waals surface area contributed by atoms with Crippen LogP contribution in [-0.2, 0) is 20.7 Å². The Balaban J connectivity index is 1.38. The molecule has 0 spiro atoms. The van der Waals surface area contributed by atoms with Crippen molar-refractivity contribution in [3.05, 3.63) is 29.8 Å². The van der Waals surface area contributed by atoms with Crippen LogP contribution < -0.4 is 0 Å². The number of likely N-dealkylation sites (tertiary alicyclic amines) is 1. The number of thioether (sulfide) groups is 1. The van der Waals surface area contributed by atoms with Gasteiger partial charge >= 0.3 is 0 Å². The second-order valence-corrected chi connectivity index (χ2v) is 8.22. The smallest absolute Gasteiger partial charge is 0.236 e. The van der Waals surface area contributed by atoms with E-state index in [-0.39, 0.29) is 23.0 Å². The number of ether oxygens (including phenoxy) is 1. The zero-order chi connectivity index (χ0) is 17.2. The first-order valence-electron chi connectivity index (χ1n) is 9.12. The number of benzene rings is 1. The molecule has 3 aliphatic heterocycles. The third-order valence-corrected chi connectivity index (χ3v) is 6.63. The zero-order valence-corrected chi connectivity index (χ0v) is 15.2. The first-order chi connectivity index (χ1) is 12.2. The van der Waals surface area contributed by atoms with Gasteiger partial charge in [-0.25, -0.2) is 0 Å². The average molecular weight is 360 g/mol. The van der Waals surface area contributed by atoms with Crippen molar-refractivity contribution >= 4 is 23.6 Å². The van der Waals surface area contributed by atoms with Crippen molar-refractivity contribution in [2.75, 3.05) is 39.4 Å². The SMILES string of the molecule is O=C(C1CCCN(C(=O)C2Cc3ccccc3S2)C1)N1CCOCC1. The fourth-order valence-electron chi connectivity index (χ4n) is 3.94. The summed E-state index contributed by atoms with van der Waals surface area (Å²) in [6.45, 7) is 3.95. The zero-order valence-electron chi connectivity index (χ0n) is 14.4. The van der Waals surface area contributed by atoms with E-state index in [1.807, 2.05) is 21.9 Å². The van der Waals surface area contributed by atoms with Crippen LogP contribution in [-0.4, -0.2) is 66.3 Å². The van der Waals surface area contributed by atoms with Crippen molar-refractivity contribution in [3.8, 4) is 0 Å². The topological polar surface area (TPSA) is 49.9 Å². The van der Waals surface area contributed by atoms with Gasteiger partial charge in [0.25, 0.3) is 0 Å². The molecular weight excluding hydrogens is 336 g/mol. The molecule has 0 aromatic heterocycles. The maximum atomic E-state index is 13.0. The van der Waals surface area contributed by atoms with E-state index in [9.17, 15) is 9.59 Å². The van der Waals surface area contributed by atoms with Crippen LogP contribution in [0.4, 0.5) is 0 Å². The summed E-state index contributed by atoms with van der Waals surface area (Å²) in [6.07, 6.45) is 2.60. The van der Waals surface area contributed by atoms with Crippen LogP contribution in [0.25, 0.3) is 0 Å². The number of morpholine rings is 1. The Hall–Kier alpha value is -1.53. The highest BCUT2D eigenvalue weighted by Crippen LogP contribution is 2.38. The van der Waals surface area contributed by atoms with Crippen LogP contribution in [0, 0.1) is 5.92 Å². The lowest BCUT2D eigenvalue weighted by Gasteiger charge is -2.37. The second kappa shape index (κ2) is 7.38. The van der Waals surface area contributed by atoms with E-state index in [0.717, 1.165) is 25.8 Å². The molecule has 6 heteroatoms. The molecule has 0 bridgehead atoms. The van der Waals surface area contributed by atoms with E-state index in [1.54, 1.807) is 11.8 Å². The minimum atomic E-state index is -0.0513. The van der Waals surface area contributed by atoms with Crippen molar-refractivity contribution in [3.63, 3.8) is 0 Å². The van der Waals surface area contributed by atoms with Gasteiger partial charge in [0.2, 0.25) is 11.8 Å². The van der Waals surface area contributed by atoms with E-state index >= 15 is 0 Å².